The predicted molar refractivity (Wildman–Crippen MR) is 87.3 cm³/mol. The summed E-state index contributed by atoms with van der Waals surface area (Å²) in [5.41, 5.74) is -0.0219. The minimum absolute atomic E-state index is 0.00947. The van der Waals surface area contributed by atoms with Crippen LogP contribution in [0.4, 0.5) is 0 Å². The summed E-state index contributed by atoms with van der Waals surface area (Å²) in [4.78, 5) is 22.7. The second-order valence-corrected chi connectivity index (χ2v) is 6.61. The van der Waals surface area contributed by atoms with Gasteiger partial charge in [-0.1, -0.05) is 23.7 Å². The highest BCUT2D eigenvalue weighted by molar-refractivity contribution is 7.85. The normalized spacial score (nSPS) is 11.9. The zero-order valence-electron chi connectivity index (χ0n) is 12.2. The van der Waals surface area contributed by atoms with Gasteiger partial charge in [0.2, 0.25) is 0 Å². The molecule has 0 saturated carbocycles. The molecule has 0 saturated heterocycles. The van der Waals surface area contributed by atoms with E-state index in [0.29, 0.717) is 5.56 Å². The van der Waals surface area contributed by atoms with Gasteiger partial charge < -0.3 is 15.3 Å². The standard InChI is InChI=1S/C16H13ClO6S/c17-12-8-11(16(21)22)14(7-9(12)5-6-18)24(23)13-4-2-1-3-10(13)15(19)20/h1-4,7-8,18H,5-6H2,(H,19,20)(H,21,22). The molecular formula is C16H13ClO6S. The van der Waals surface area contributed by atoms with Crippen LogP contribution in [0.5, 0.6) is 0 Å². The Kier molecular flexibility index (Phi) is 5.71. The fourth-order valence-electron chi connectivity index (χ4n) is 2.15. The zero-order chi connectivity index (χ0) is 17.9. The van der Waals surface area contributed by atoms with Crippen LogP contribution in [-0.4, -0.2) is 38.1 Å². The molecule has 0 radical (unpaired) electrons. The molecule has 2 rings (SSSR count). The molecule has 0 aliphatic carbocycles. The summed E-state index contributed by atoms with van der Waals surface area (Å²) < 4.78 is 12.8. The Morgan fingerprint density at radius 3 is 2.21 bits per heavy atom. The lowest BCUT2D eigenvalue weighted by molar-refractivity contribution is 0.0683. The Balaban J connectivity index is 2.66. The van der Waals surface area contributed by atoms with Gasteiger partial charge in [0.15, 0.2) is 0 Å². The molecule has 126 valence electrons. The van der Waals surface area contributed by atoms with Gasteiger partial charge in [0.1, 0.15) is 0 Å². The Bertz CT molecular complexity index is 833. The molecule has 1 unspecified atom stereocenters. The molecule has 8 heteroatoms. The zero-order valence-corrected chi connectivity index (χ0v) is 13.8. The van der Waals surface area contributed by atoms with E-state index in [1.54, 1.807) is 0 Å². The van der Waals surface area contributed by atoms with Gasteiger partial charge in [-0.25, -0.2) is 13.8 Å². The molecule has 0 amide bonds. The first-order chi connectivity index (χ1) is 11.4. The monoisotopic (exact) mass is 368 g/mol. The van der Waals surface area contributed by atoms with Gasteiger partial charge in [0.25, 0.3) is 0 Å². The van der Waals surface area contributed by atoms with Crippen molar-refractivity contribution in [1.29, 1.82) is 0 Å². The second-order valence-electron chi connectivity index (χ2n) is 4.79. The molecule has 0 bridgehead atoms. The number of hydrogen-bond acceptors (Lipinski definition) is 4. The number of aliphatic hydroxyl groups excluding tert-OH is 1. The topological polar surface area (TPSA) is 112 Å². The highest BCUT2D eigenvalue weighted by Crippen LogP contribution is 2.29. The van der Waals surface area contributed by atoms with Crippen LogP contribution in [0, 0.1) is 0 Å². The van der Waals surface area contributed by atoms with Gasteiger partial charge in [0, 0.05) is 11.6 Å². The van der Waals surface area contributed by atoms with Gasteiger partial charge >= 0.3 is 11.9 Å². The maximum Gasteiger partial charge on any atom is 0.336 e. The van der Waals surface area contributed by atoms with E-state index in [0.717, 1.165) is 6.07 Å². The highest BCUT2D eigenvalue weighted by atomic mass is 35.5. The van der Waals surface area contributed by atoms with Crippen LogP contribution in [0.1, 0.15) is 26.3 Å². The molecule has 0 heterocycles. The highest BCUT2D eigenvalue weighted by Gasteiger charge is 2.23. The quantitative estimate of drug-likeness (QED) is 0.722. The summed E-state index contributed by atoms with van der Waals surface area (Å²) in [5, 5.41) is 27.7. The molecular weight excluding hydrogens is 356 g/mol. The van der Waals surface area contributed by atoms with Crippen molar-refractivity contribution in [2.75, 3.05) is 6.61 Å². The number of benzene rings is 2. The smallest absolute Gasteiger partial charge is 0.336 e. The van der Waals surface area contributed by atoms with E-state index in [4.69, 9.17) is 16.7 Å². The average molecular weight is 369 g/mol. The summed E-state index contributed by atoms with van der Waals surface area (Å²) in [5.74, 6) is -2.59. The molecule has 0 aliphatic rings. The molecule has 6 nitrogen and oxygen atoms in total. The van der Waals surface area contributed by atoms with Crippen LogP contribution in [0.25, 0.3) is 0 Å². The maximum atomic E-state index is 12.8. The number of carbonyl (C=O) groups is 2. The van der Waals surface area contributed by atoms with E-state index in [2.05, 4.69) is 0 Å². The molecule has 0 fully saturated rings. The van der Waals surface area contributed by atoms with E-state index < -0.39 is 22.7 Å². The first-order valence-corrected chi connectivity index (χ1v) is 8.30. The third-order valence-corrected chi connectivity index (χ3v) is 5.12. The number of hydrogen-bond donors (Lipinski definition) is 3. The van der Waals surface area contributed by atoms with Crippen LogP contribution < -0.4 is 0 Å². The number of aliphatic hydroxyl groups is 1. The molecule has 0 aliphatic heterocycles. The summed E-state index contributed by atoms with van der Waals surface area (Å²) in [6, 6.07) is 8.15. The Morgan fingerprint density at radius 1 is 1.00 bits per heavy atom. The second kappa shape index (κ2) is 7.57. The fraction of sp³-hybridized carbons (Fsp3) is 0.125. The lowest BCUT2D eigenvalue weighted by Gasteiger charge is -2.12. The van der Waals surface area contributed by atoms with Crippen LogP contribution in [0.2, 0.25) is 5.02 Å². The Labute approximate surface area is 144 Å². The minimum atomic E-state index is -2.04. The van der Waals surface area contributed by atoms with Crippen molar-refractivity contribution in [2.45, 2.75) is 16.2 Å². The lowest BCUT2D eigenvalue weighted by Crippen LogP contribution is -2.10. The summed E-state index contributed by atoms with van der Waals surface area (Å²) in [7, 11) is -2.04. The SMILES string of the molecule is O=C(O)c1ccccc1S(=O)c1cc(CCO)c(Cl)cc1C(=O)O. The van der Waals surface area contributed by atoms with Crippen molar-refractivity contribution in [2.24, 2.45) is 0 Å². The summed E-state index contributed by atoms with van der Waals surface area (Å²) in [6.07, 6.45) is 0.156. The van der Waals surface area contributed by atoms with Crippen molar-refractivity contribution < 1.29 is 29.1 Å². The summed E-state index contributed by atoms with van der Waals surface area (Å²) >= 11 is 5.99. The number of rotatable bonds is 6. The third-order valence-electron chi connectivity index (χ3n) is 3.28. The first-order valence-electron chi connectivity index (χ1n) is 6.77. The van der Waals surface area contributed by atoms with E-state index >= 15 is 0 Å². The van der Waals surface area contributed by atoms with Crippen LogP contribution in [0.3, 0.4) is 0 Å². The number of aromatic carboxylic acids is 2. The lowest BCUT2D eigenvalue weighted by atomic mass is 10.1. The number of halogens is 1. The fourth-order valence-corrected chi connectivity index (χ4v) is 3.80. The molecule has 0 aromatic heterocycles. The van der Waals surface area contributed by atoms with Gasteiger partial charge in [0.05, 0.1) is 31.7 Å². The minimum Gasteiger partial charge on any atom is -0.478 e. The molecule has 0 spiro atoms. The van der Waals surface area contributed by atoms with E-state index in [1.165, 1.54) is 30.3 Å². The van der Waals surface area contributed by atoms with Gasteiger partial charge in [-0.3, -0.25) is 0 Å². The first kappa shape index (κ1) is 18.1. The van der Waals surface area contributed by atoms with Crippen LogP contribution in [0.15, 0.2) is 46.2 Å². The van der Waals surface area contributed by atoms with E-state index in [1.807, 2.05) is 0 Å². The number of carboxylic acid groups (broad SMARTS) is 2. The van der Waals surface area contributed by atoms with Crippen LogP contribution in [-0.2, 0) is 17.2 Å². The van der Waals surface area contributed by atoms with E-state index in [9.17, 15) is 24.0 Å². The molecule has 1 atom stereocenters. The average Bonchev–Trinajstić information content (AvgIpc) is 2.55. The van der Waals surface area contributed by atoms with Crippen molar-refractivity contribution in [3.8, 4) is 0 Å². The predicted octanol–water partition coefficient (Wildman–Crippen LogP) is 2.44. The van der Waals surface area contributed by atoms with Gasteiger partial charge in [-0.2, -0.15) is 0 Å². The Hall–Kier alpha value is -2.22. The van der Waals surface area contributed by atoms with Gasteiger partial charge in [-0.15, -0.1) is 0 Å². The molecule has 3 N–H and O–H groups in total. The van der Waals surface area contributed by atoms with Gasteiger partial charge in [-0.05, 0) is 36.2 Å². The van der Waals surface area contributed by atoms with Crippen molar-refractivity contribution >= 4 is 34.3 Å². The van der Waals surface area contributed by atoms with Crippen molar-refractivity contribution in [3.63, 3.8) is 0 Å². The summed E-state index contributed by atoms with van der Waals surface area (Å²) in [6.45, 7) is -0.218. The Morgan fingerprint density at radius 2 is 1.62 bits per heavy atom. The molecule has 24 heavy (non-hydrogen) atoms. The van der Waals surface area contributed by atoms with Crippen molar-refractivity contribution in [1.82, 2.24) is 0 Å². The van der Waals surface area contributed by atoms with E-state index in [-0.39, 0.29) is 39.0 Å². The maximum absolute atomic E-state index is 12.8. The third kappa shape index (κ3) is 3.64. The molecule has 2 aromatic carbocycles. The van der Waals surface area contributed by atoms with Crippen molar-refractivity contribution in [3.05, 3.63) is 58.1 Å². The molecule has 2 aromatic rings. The largest absolute Gasteiger partial charge is 0.478 e. The van der Waals surface area contributed by atoms with Crippen LogP contribution >= 0.6 is 11.6 Å². The number of carboxylic acids is 2.